The number of fused-ring (bicyclic) bond motifs is 3. The second kappa shape index (κ2) is 7.66. The van der Waals surface area contributed by atoms with Gasteiger partial charge in [-0.15, -0.1) is 11.3 Å². The highest BCUT2D eigenvalue weighted by Gasteiger charge is 2.21. The number of nitrogens with zero attached hydrogens (tertiary/aromatic N) is 4. The second-order valence-electron chi connectivity index (χ2n) is 7.50. The van der Waals surface area contributed by atoms with E-state index in [9.17, 15) is 4.79 Å². The highest BCUT2D eigenvalue weighted by atomic mass is 32.1. The molecule has 1 aromatic carbocycles. The Bertz CT molecular complexity index is 1220. The molecule has 1 saturated heterocycles. The normalized spacial score (nSPS) is 16.4. The van der Waals surface area contributed by atoms with E-state index in [1.54, 1.807) is 17.7 Å². The lowest BCUT2D eigenvalue weighted by Gasteiger charge is -2.11. The molecule has 9 heteroatoms. The molecule has 1 aliphatic heterocycles. The Hall–Kier alpha value is -3.04. The quantitative estimate of drug-likeness (QED) is 0.458. The third kappa shape index (κ3) is 3.29. The van der Waals surface area contributed by atoms with Crippen LogP contribution in [0.15, 0.2) is 30.6 Å². The monoisotopic (exact) mass is 421 g/mol. The first-order chi connectivity index (χ1) is 14.6. The molecule has 0 bridgehead atoms. The zero-order chi connectivity index (χ0) is 20.7. The zero-order valence-corrected chi connectivity index (χ0v) is 17.7. The molecule has 4 heterocycles. The smallest absolute Gasteiger partial charge is 0.237 e. The van der Waals surface area contributed by atoms with Crippen LogP contribution in [0.2, 0.25) is 0 Å². The molecule has 0 spiro atoms. The van der Waals surface area contributed by atoms with Crippen LogP contribution >= 0.6 is 11.3 Å². The van der Waals surface area contributed by atoms with Gasteiger partial charge in [-0.2, -0.15) is 0 Å². The van der Waals surface area contributed by atoms with E-state index in [2.05, 4.69) is 25.9 Å². The molecule has 0 unspecified atom stereocenters. The van der Waals surface area contributed by atoms with E-state index >= 15 is 0 Å². The van der Waals surface area contributed by atoms with Gasteiger partial charge in [0.1, 0.15) is 15.2 Å². The van der Waals surface area contributed by atoms with Gasteiger partial charge in [0.15, 0.2) is 11.5 Å². The summed E-state index contributed by atoms with van der Waals surface area (Å²) in [6.45, 7) is 1.45. The average molecular weight is 422 g/mol. The SMILES string of the molecule is CNc1nc2nc(-c3ccc(CNC(=O)[C@@H]4CCCN4)cc3)sc2c2c1ncn2C. The van der Waals surface area contributed by atoms with Crippen molar-refractivity contribution >= 4 is 44.4 Å². The van der Waals surface area contributed by atoms with E-state index in [1.165, 1.54) is 0 Å². The van der Waals surface area contributed by atoms with Crippen molar-refractivity contribution in [1.82, 2.24) is 30.2 Å². The number of imidazole rings is 1. The number of carbonyl (C=O) groups excluding carboxylic acids is 1. The number of hydrogen-bond donors (Lipinski definition) is 3. The van der Waals surface area contributed by atoms with E-state index in [-0.39, 0.29) is 11.9 Å². The van der Waals surface area contributed by atoms with E-state index in [1.807, 2.05) is 42.9 Å². The number of nitrogens with one attached hydrogen (secondary N) is 3. The van der Waals surface area contributed by atoms with Crippen LogP contribution in [0.4, 0.5) is 5.82 Å². The van der Waals surface area contributed by atoms with E-state index in [0.29, 0.717) is 6.54 Å². The van der Waals surface area contributed by atoms with E-state index in [0.717, 1.165) is 62.7 Å². The molecule has 5 rings (SSSR count). The number of amides is 1. The van der Waals surface area contributed by atoms with E-state index in [4.69, 9.17) is 4.98 Å². The van der Waals surface area contributed by atoms with Crippen molar-refractivity contribution in [2.45, 2.75) is 25.4 Å². The summed E-state index contributed by atoms with van der Waals surface area (Å²) in [4.78, 5) is 26.1. The van der Waals surface area contributed by atoms with Crippen LogP contribution in [0.1, 0.15) is 18.4 Å². The Labute approximate surface area is 177 Å². The Balaban J connectivity index is 1.39. The van der Waals surface area contributed by atoms with Gasteiger partial charge in [0.25, 0.3) is 0 Å². The molecule has 1 amide bonds. The number of anilines is 1. The molecule has 4 aromatic rings. The number of benzene rings is 1. The van der Waals surface area contributed by atoms with Gasteiger partial charge in [-0.25, -0.2) is 15.0 Å². The van der Waals surface area contributed by atoms with Crippen molar-refractivity contribution in [1.29, 1.82) is 0 Å². The largest absolute Gasteiger partial charge is 0.371 e. The van der Waals surface area contributed by atoms with Crippen molar-refractivity contribution in [3.8, 4) is 10.6 Å². The summed E-state index contributed by atoms with van der Waals surface area (Å²) in [7, 11) is 3.83. The summed E-state index contributed by atoms with van der Waals surface area (Å²) in [5.74, 6) is 0.812. The predicted molar refractivity (Wildman–Crippen MR) is 120 cm³/mol. The first-order valence-corrected chi connectivity index (χ1v) is 10.9. The molecule has 1 atom stereocenters. The maximum absolute atomic E-state index is 12.2. The lowest BCUT2D eigenvalue weighted by Crippen LogP contribution is -2.39. The highest BCUT2D eigenvalue weighted by Crippen LogP contribution is 2.35. The zero-order valence-electron chi connectivity index (χ0n) is 16.9. The molecule has 1 aliphatic rings. The van der Waals surface area contributed by atoms with Crippen LogP contribution in [0.5, 0.6) is 0 Å². The summed E-state index contributed by atoms with van der Waals surface area (Å²) in [6, 6.07) is 8.12. The molecule has 0 radical (unpaired) electrons. The summed E-state index contributed by atoms with van der Waals surface area (Å²) in [5, 5.41) is 10.3. The molecule has 0 aliphatic carbocycles. The van der Waals surface area contributed by atoms with Gasteiger partial charge in [0.2, 0.25) is 5.91 Å². The molecule has 3 N–H and O–H groups in total. The van der Waals surface area contributed by atoms with Gasteiger partial charge in [-0.1, -0.05) is 24.3 Å². The maximum Gasteiger partial charge on any atom is 0.237 e. The number of aromatic nitrogens is 4. The molecular formula is C21H23N7OS. The lowest BCUT2D eigenvalue weighted by atomic mass is 10.1. The van der Waals surface area contributed by atoms with Crippen LogP contribution in [-0.2, 0) is 18.4 Å². The van der Waals surface area contributed by atoms with E-state index < -0.39 is 0 Å². The van der Waals surface area contributed by atoms with Gasteiger partial charge < -0.3 is 20.5 Å². The number of carbonyl (C=O) groups is 1. The van der Waals surface area contributed by atoms with Crippen molar-refractivity contribution in [3.05, 3.63) is 36.2 Å². The second-order valence-corrected chi connectivity index (χ2v) is 8.50. The summed E-state index contributed by atoms with van der Waals surface area (Å²) < 4.78 is 3.03. The minimum Gasteiger partial charge on any atom is -0.371 e. The van der Waals surface area contributed by atoms with Crippen LogP contribution in [0, 0.1) is 0 Å². The van der Waals surface area contributed by atoms with Crippen LogP contribution in [-0.4, -0.2) is 45.1 Å². The first-order valence-electron chi connectivity index (χ1n) is 10.0. The van der Waals surface area contributed by atoms with Crippen molar-refractivity contribution < 1.29 is 4.79 Å². The minimum absolute atomic E-state index is 0.0501. The van der Waals surface area contributed by atoms with Gasteiger partial charge in [0, 0.05) is 26.2 Å². The number of thiazole rings is 1. The molecule has 1 fully saturated rings. The predicted octanol–water partition coefficient (Wildman–Crippen LogP) is 2.65. The fourth-order valence-corrected chi connectivity index (χ4v) is 4.96. The average Bonchev–Trinajstić information content (AvgIpc) is 3.51. The maximum atomic E-state index is 12.2. The van der Waals surface area contributed by atoms with Crippen LogP contribution in [0.3, 0.4) is 0 Å². The van der Waals surface area contributed by atoms with Gasteiger partial charge in [0.05, 0.1) is 17.9 Å². The van der Waals surface area contributed by atoms with Gasteiger partial charge >= 0.3 is 0 Å². The molecule has 30 heavy (non-hydrogen) atoms. The number of hydrogen-bond acceptors (Lipinski definition) is 7. The lowest BCUT2D eigenvalue weighted by molar-refractivity contribution is -0.122. The van der Waals surface area contributed by atoms with Gasteiger partial charge in [-0.3, -0.25) is 4.79 Å². The first kappa shape index (κ1) is 19.0. The summed E-state index contributed by atoms with van der Waals surface area (Å²) in [5.41, 5.74) is 4.71. The summed E-state index contributed by atoms with van der Waals surface area (Å²) in [6.07, 6.45) is 3.77. The Morgan fingerprint density at radius 2 is 2.13 bits per heavy atom. The summed E-state index contributed by atoms with van der Waals surface area (Å²) >= 11 is 1.62. The third-order valence-corrected chi connectivity index (χ3v) is 6.59. The van der Waals surface area contributed by atoms with Crippen LogP contribution < -0.4 is 16.0 Å². The molecule has 0 saturated carbocycles. The number of aryl methyl sites for hydroxylation is 1. The molecular weight excluding hydrogens is 398 g/mol. The number of rotatable bonds is 5. The molecule has 3 aromatic heterocycles. The Morgan fingerprint density at radius 3 is 2.87 bits per heavy atom. The number of pyridine rings is 1. The standard InChI is InChI=1S/C21H23N7OS/c1-22-18-15-16(28(2)11-25-15)17-19(26-18)27-21(30-17)13-7-5-12(6-8-13)10-24-20(29)14-4-3-9-23-14/h5-8,11,14,23H,3-4,9-10H2,1-2H3,(H,22,26)(H,24,29)/t14-/m0/s1. The Morgan fingerprint density at radius 1 is 1.30 bits per heavy atom. The Kier molecular flexibility index (Phi) is 4.84. The van der Waals surface area contributed by atoms with Crippen molar-refractivity contribution in [2.24, 2.45) is 7.05 Å². The van der Waals surface area contributed by atoms with Gasteiger partial charge in [-0.05, 0) is 24.9 Å². The molecule has 8 nitrogen and oxygen atoms in total. The fourth-order valence-electron chi connectivity index (χ4n) is 3.86. The van der Waals surface area contributed by atoms with Crippen molar-refractivity contribution in [3.63, 3.8) is 0 Å². The molecule has 154 valence electrons. The highest BCUT2D eigenvalue weighted by molar-refractivity contribution is 7.22. The minimum atomic E-state index is -0.0501. The topological polar surface area (TPSA) is 96.8 Å². The third-order valence-electron chi connectivity index (χ3n) is 5.48. The van der Waals surface area contributed by atoms with Crippen molar-refractivity contribution in [2.75, 3.05) is 18.9 Å². The van der Waals surface area contributed by atoms with Crippen LogP contribution in [0.25, 0.3) is 32.0 Å². The fraction of sp³-hybridized carbons (Fsp3) is 0.333.